The van der Waals surface area contributed by atoms with Crippen molar-refractivity contribution in [1.82, 2.24) is 5.32 Å². The van der Waals surface area contributed by atoms with Gasteiger partial charge in [-0.25, -0.2) is 14.4 Å². The topological polar surface area (TPSA) is 216 Å². The third-order valence-corrected chi connectivity index (χ3v) is 13.7. The Labute approximate surface area is 371 Å². The van der Waals surface area contributed by atoms with Crippen LogP contribution < -0.4 is 5.32 Å². The van der Waals surface area contributed by atoms with Gasteiger partial charge in [0.1, 0.15) is 35.6 Å². The van der Waals surface area contributed by atoms with E-state index in [0.29, 0.717) is 12.0 Å². The van der Waals surface area contributed by atoms with Crippen LogP contribution in [-0.2, 0) is 57.1 Å². The van der Waals surface area contributed by atoms with Gasteiger partial charge in [-0.3, -0.25) is 19.2 Å². The van der Waals surface area contributed by atoms with Crippen LogP contribution in [0.3, 0.4) is 0 Å². The summed E-state index contributed by atoms with van der Waals surface area (Å²) in [7, 11) is 0. The van der Waals surface area contributed by atoms with Crippen molar-refractivity contribution in [2.45, 2.75) is 141 Å². The lowest BCUT2D eigenvalue weighted by Gasteiger charge is -2.64. The summed E-state index contributed by atoms with van der Waals surface area (Å²) in [6.07, 6.45) is -8.32. The van der Waals surface area contributed by atoms with Crippen molar-refractivity contribution in [2.75, 3.05) is 6.61 Å². The van der Waals surface area contributed by atoms with E-state index in [4.69, 9.17) is 33.2 Å². The molecular weight excluding hydrogens is 831 g/mol. The maximum atomic E-state index is 15.6. The van der Waals surface area contributed by atoms with Crippen LogP contribution in [0.15, 0.2) is 71.8 Å². The number of rotatable bonds is 11. The predicted octanol–water partition coefficient (Wildman–Crippen LogP) is 5.43. The number of fused-ring (bicyclic) bond motifs is 4. The molecule has 344 valence electrons. The number of esters is 5. The van der Waals surface area contributed by atoms with Crippen LogP contribution in [0.25, 0.3) is 0 Å². The second kappa shape index (κ2) is 16.7. The van der Waals surface area contributed by atoms with Gasteiger partial charge < -0.3 is 43.6 Å². The van der Waals surface area contributed by atoms with Crippen LogP contribution >= 0.6 is 0 Å². The largest absolute Gasteiger partial charge is 0.455 e. The van der Waals surface area contributed by atoms with Gasteiger partial charge in [-0.15, -0.1) is 0 Å². The van der Waals surface area contributed by atoms with Crippen LogP contribution in [0.2, 0.25) is 0 Å². The summed E-state index contributed by atoms with van der Waals surface area (Å²) < 4.78 is 42.3. The van der Waals surface area contributed by atoms with Crippen molar-refractivity contribution < 1.29 is 71.8 Å². The Morgan fingerprint density at radius 1 is 0.906 bits per heavy atom. The first kappa shape index (κ1) is 46.4. The van der Waals surface area contributed by atoms with Crippen molar-refractivity contribution in [3.05, 3.63) is 82.9 Å². The Bertz CT molecular complexity index is 2250. The highest BCUT2D eigenvalue weighted by atomic mass is 16.6. The lowest BCUT2D eigenvalue weighted by atomic mass is 9.48. The minimum atomic E-state index is -2.28. The number of benzene rings is 2. The van der Waals surface area contributed by atoms with Gasteiger partial charge in [0, 0.05) is 37.5 Å². The van der Waals surface area contributed by atoms with Gasteiger partial charge >= 0.3 is 35.9 Å². The van der Waals surface area contributed by atoms with E-state index in [-0.39, 0.29) is 36.2 Å². The number of alkyl carbamates (subject to hydrolysis) is 1. The summed E-state index contributed by atoms with van der Waals surface area (Å²) >= 11 is 0. The SMILES string of the molecule is CCC(=O)O[C@@H](C(=O)O[C@H]1C[C@@]2(O)[C@@H](OC(=O)c3ccccc3)[C@@H]3[C@]4(OC(C)=O)CO[C@@H]4CC4C[C@@]43C(=O)[C@H](OC(C)=O)C(=C1C)C2(C)C)[C@@H](NC(=O)OC(C)(C)C)c1ccccc1. The predicted molar refractivity (Wildman–Crippen MR) is 224 cm³/mol. The van der Waals surface area contributed by atoms with E-state index in [1.165, 1.54) is 26.0 Å². The Kier molecular flexibility index (Phi) is 12.1. The van der Waals surface area contributed by atoms with Gasteiger partial charge in [-0.2, -0.15) is 0 Å². The summed E-state index contributed by atoms with van der Waals surface area (Å²) in [6.45, 7) is 13.5. The minimum Gasteiger partial charge on any atom is -0.455 e. The molecule has 2 bridgehead atoms. The Morgan fingerprint density at radius 2 is 1.55 bits per heavy atom. The van der Waals surface area contributed by atoms with Crippen molar-refractivity contribution in [3.8, 4) is 0 Å². The first-order valence-corrected chi connectivity index (χ1v) is 21.7. The number of hydrogen-bond acceptors (Lipinski definition) is 15. The maximum Gasteiger partial charge on any atom is 0.408 e. The molecule has 0 aromatic heterocycles. The molecule has 2 N–H and O–H groups in total. The number of nitrogens with one attached hydrogen (secondary N) is 1. The van der Waals surface area contributed by atoms with Gasteiger partial charge in [-0.1, -0.05) is 69.3 Å². The molecule has 1 unspecified atom stereocenters. The molecule has 4 aliphatic carbocycles. The number of carbonyl (C=O) groups is 7. The number of amides is 1. The number of hydrogen-bond donors (Lipinski definition) is 2. The van der Waals surface area contributed by atoms with Gasteiger partial charge in [-0.05, 0) is 75.3 Å². The first-order chi connectivity index (χ1) is 30.0. The van der Waals surface area contributed by atoms with Crippen molar-refractivity contribution in [2.24, 2.45) is 22.7 Å². The number of ketones is 1. The fourth-order valence-corrected chi connectivity index (χ4v) is 10.7. The molecule has 2 aromatic carbocycles. The molecule has 2 aromatic rings. The van der Waals surface area contributed by atoms with Gasteiger partial charge in [0.15, 0.2) is 17.5 Å². The van der Waals surface area contributed by atoms with Crippen LogP contribution in [0.5, 0.6) is 0 Å². The zero-order valence-corrected chi connectivity index (χ0v) is 37.6. The van der Waals surface area contributed by atoms with Gasteiger partial charge in [0.25, 0.3) is 0 Å². The Hall–Kier alpha value is -5.61. The molecule has 4 fully saturated rings. The molecule has 1 amide bonds. The van der Waals surface area contributed by atoms with E-state index in [2.05, 4.69) is 5.32 Å². The molecule has 1 aliphatic heterocycles. The molecule has 16 nitrogen and oxygen atoms in total. The third kappa shape index (κ3) is 7.96. The van der Waals surface area contributed by atoms with E-state index in [1.807, 2.05) is 0 Å². The van der Waals surface area contributed by atoms with Crippen molar-refractivity contribution in [1.29, 1.82) is 0 Å². The first-order valence-electron chi connectivity index (χ1n) is 21.7. The van der Waals surface area contributed by atoms with Crippen LogP contribution in [0, 0.1) is 22.7 Å². The monoisotopic (exact) mass is 887 g/mol. The maximum absolute atomic E-state index is 15.6. The second-order valence-corrected chi connectivity index (χ2v) is 19.1. The Morgan fingerprint density at radius 3 is 2.11 bits per heavy atom. The van der Waals surface area contributed by atoms with Gasteiger partial charge in [0.2, 0.25) is 6.10 Å². The van der Waals surface area contributed by atoms with E-state index < -0.39 is 124 Å². The molecule has 1 heterocycles. The van der Waals surface area contributed by atoms with E-state index in [1.54, 1.807) is 90.1 Å². The molecule has 5 aliphatic rings. The molecule has 1 saturated heterocycles. The summed E-state index contributed by atoms with van der Waals surface area (Å²) in [4.78, 5) is 97.3. The molecule has 1 spiro atoms. The highest BCUT2D eigenvalue weighted by Gasteiger charge is 2.84. The quantitative estimate of drug-likeness (QED) is 0.163. The minimum absolute atomic E-state index is 0.112. The molecular formula is C48H57NO15. The molecule has 7 rings (SSSR count). The normalized spacial score (nSPS) is 31.9. The van der Waals surface area contributed by atoms with E-state index in [0.717, 1.165) is 6.92 Å². The Balaban J connectivity index is 1.40. The zero-order chi connectivity index (χ0) is 46.7. The molecule has 3 saturated carbocycles. The highest BCUT2D eigenvalue weighted by Crippen LogP contribution is 2.74. The van der Waals surface area contributed by atoms with Crippen LogP contribution in [-0.4, -0.2) is 101 Å². The van der Waals surface area contributed by atoms with Crippen molar-refractivity contribution >= 4 is 41.7 Å². The van der Waals surface area contributed by atoms with E-state index in [9.17, 15) is 33.9 Å². The summed E-state index contributed by atoms with van der Waals surface area (Å²) in [5.74, 6) is -6.48. The molecule has 11 atom stereocenters. The standard InChI is InChI=1S/C48H57NO15/c1-10-33(52)61-37(35(28-17-13-11-14-18-28)49-43(56)64-44(5,6)7)42(55)60-31-23-48(57)40(62-41(54)29-19-15-12-16-20-29)38-46(22-30(46)21-32-47(38,24-58-32)63-27(4)51)39(53)36(59-26(3)50)34(25(31)2)45(48,8)9/h11-20,30-32,35-38,40,57H,10,21-24H2,1-9H3,(H,49,56)/t30?,31-,32+,35-,36+,37+,38-,40-,46+,47-,48+/m0/s1. The third-order valence-electron chi connectivity index (χ3n) is 13.7. The number of aliphatic hydroxyl groups is 1. The van der Waals surface area contributed by atoms with E-state index >= 15 is 4.79 Å². The number of Topliss-reactive ketones (excluding diaryl/α,β-unsaturated/α-hetero) is 1. The highest BCUT2D eigenvalue weighted by molar-refractivity contribution is 5.97. The average molecular weight is 888 g/mol. The molecule has 64 heavy (non-hydrogen) atoms. The number of carbonyl (C=O) groups excluding carboxylic acids is 7. The average Bonchev–Trinajstić information content (AvgIpc) is 3.95. The fraction of sp³-hybridized carbons (Fsp3) is 0.562. The smallest absolute Gasteiger partial charge is 0.408 e. The summed E-state index contributed by atoms with van der Waals surface area (Å²) in [6, 6.07) is 15.0. The lowest BCUT2D eigenvalue weighted by Crippen LogP contribution is -2.78. The van der Waals surface area contributed by atoms with Crippen molar-refractivity contribution in [3.63, 3.8) is 0 Å². The van der Waals surface area contributed by atoms with Crippen LogP contribution in [0.4, 0.5) is 4.79 Å². The van der Waals surface area contributed by atoms with Gasteiger partial charge in [0.05, 0.1) is 18.1 Å². The molecule has 16 heteroatoms. The van der Waals surface area contributed by atoms with Crippen LogP contribution in [0.1, 0.15) is 110 Å². The lowest BCUT2D eigenvalue weighted by molar-refractivity contribution is -0.323. The summed E-state index contributed by atoms with van der Waals surface area (Å²) in [5.41, 5.74) is -6.98. The fourth-order valence-electron chi connectivity index (χ4n) is 10.7. The zero-order valence-electron chi connectivity index (χ0n) is 37.6. The second-order valence-electron chi connectivity index (χ2n) is 19.1. The molecule has 0 radical (unpaired) electrons. The summed E-state index contributed by atoms with van der Waals surface area (Å²) in [5, 5.41) is 16.5. The number of ether oxygens (including phenoxy) is 7.